The van der Waals surface area contributed by atoms with Crippen LogP contribution in [0.15, 0.2) is 64.2 Å². The molecule has 0 amide bonds. The van der Waals surface area contributed by atoms with E-state index in [4.69, 9.17) is 11.1 Å². The topological polar surface area (TPSA) is 91.2 Å². The maximum atomic E-state index is 15.3. The number of hydrogen-bond acceptors (Lipinski definition) is 3. The third kappa shape index (κ3) is 4.68. The van der Waals surface area contributed by atoms with E-state index in [1.54, 1.807) is 6.07 Å². The molecule has 184 valence electrons. The third-order valence-corrected chi connectivity index (χ3v) is 6.66. The number of rotatable bonds is 5. The first-order chi connectivity index (χ1) is 17.3. The summed E-state index contributed by atoms with van der Waals surface area (Å²) in [4.78, 5) is 0. The van der Waals surface area contributed by atoms with E-state index in [9.17, 15) is 8.78 Å². The van der Waals surface area contributed by atoms with Crippen LogP contribution < -0.4 is 16.5 Å². The van der Waals surface area contributed by atoms with Gasteiger partial charge >= 0.3 is 0 Å². The van der Waals surface area contributed by atoms with Crippen molar-refractivity contribution in [3.8, 4) is 0 Å². The summed E-state index contributed by atoms with van der Waals surface area (Å²) in [6.45, 7) is 0.480. The number of hydrogen-bond donors (Lipinski definition) is 4. The van der Waals surface area contributed by atoms with Gasteiger partial charge in [0.1, 0.15) is 5.82 Å². The number of guanidine groups is 1. The minimum atomic E-state index is -1.02. The molecule has 1 aromatic heterocycles. The summed E-state index contributed by atoms with van der Waals surface area (Å²) in [5, 5.41) is 15.6. The second-order valence-corrected chi connectivity index (χ2v) is 9.50. The summed E-state index contributed by atoms with van der Waals surface area (Å²) < 4.78 is 45.4. The van der Waals surface area contributed by atoms with Gasteiger partial charge in [-0.1, -0.05) is 28.1 Å². The third-order valence-electron chi connectivity index (χ3n) is 6.13. The molecule has 5 N–H and O–H groups in total. The molecule has 10 heteroatoms. The second-order valence-electron chi connectivity index (χ2n) is 8.58. The second kappa shape index (κ2) is 9.69. The highest BCUT2D eigenvalue weighted by atomic mass is 79.9. The Hall–Kier alpha value is -3.79. The van der Waals surface area contributed by atoms with Crippen molar-refractivity contribution in [1.82, 2.24) is 9.99 Å². The van der Waals surface area contributed by atoms with Gasteiger partial charge in [-0.05, 0) is 60.7 Å². The van der Waals surface area contributed by atoms with Crippen LogP contribution in [0.25, 0.3) is 10.9 Å². The molecule has 0 saturated heterocycles. The summed E-state index contributed by atoms with van der Waals surface area (Å²) >= 11 is 3.45. The van der Waals surface area contributed by atoms with Gasteiger partial charge in [0.15, 0.2) is 11.6 Å². The molecule has 0 unspecified atom stereocenters. The molecule has 4 aromatic rings. The number of fused-ring (bicyclic) bond motifs is 3. The lowest BCUT2D eigenvalue weighted by Gasteiger charge is -2.18. The fourth-order valence-electron chi connectivity index (χ4n) is 4.57. The molecule has 0 radical (unpaired) electrons. The van der Waals surface area contributed by atoms with Crippen LogP contribution in [0.2, 0.25) is 0 Å². The van der Waals surface area contributed by atoms with Gasteiger partial charge in [-0.25, -0.2) is 18.6 Å². The van der Waals surface area contributed by atoms with Crippen molar-refractivity contribution >= 4 is 49.9 Å². The Morgan fingerprint density at radius 2 is 1.78 bits per heavy atom. The molecule has 6 nitrogen and oxygen atoms in total. The largest absolute Gasteiger partial charge is 0.369 e. The van der Waals surface area contributed by atoms with E-state index >= 15 is 4.39 Å². The van der Waals surface area contributed by atoms with Gasteiger partial charge in [0, 0.05) is 34.2 Å². The highest BCUT2D eigenvalue weighted by Crippen LogP contribution is 2.36. The van der Waals surface area contributed by atoms with Gasteiger partial charge in [-0.3, -0.25) is 5.41 Å². The molecule has 0 bridgehead atoms. The molecule has 0 saturated carbocycles. The number of aromatic nitrogens is 1. The summed E-state index contributed by atoms with van der Waals surface area (Å²) in [5.74, 6) is -2.78. The Morgan fingerprint density at radius 1 is 1.00 bits per heavy atom. The standard InChI is InChI=1S/C26H22BrF3N6/c27-15-6-4-14(5-7-15)13-36-24-12-21(30)23(33-16-8-9-19(28)20(29)10-16)11-18(24)17-2-1-3-22(25(17)36)34-35-26(31)32/h4-12,33H,1-3,13H2,(H4,31,32,35)/b34-22+. The van der Waals surface area contributed by atoms with E-state index in [2.05, 4.69) is 31.8 Å². The highest BCUT2D eigenvalue weighted by molar-refractivity contribution is 9.10. The van der Waals surface area contributed by atoms with E-state index in [-0.39, 0.29) is 17.3 Å². The maximum Gasteiger partial charge on any atom is 0.206 e. The van der Waals surface area contributed by atoms with Crippen LogP contribution >= 0.6 is 15.9 Å². The van der Waals surface area contributed by atoms with Crippen LogP contribution in [0.1, 0.15) is 29.7 Å². The number of anilines is 2. The Bertz CT molecular complexity index is 1510. The number of nitrogens with two attached hydrogens (primary N) is 1. The van der Waals surface area contributed by atoms with Crippen molar-refractivity contribution in [2.75, 3.05) is 5.32 Å². The predicted molar refractivity (Wildman–Crippen MR) is 139 cm³/mol. The maximum absolute atomic E-state index is 15.3. The Labute approximate surface area is 213 Å². The molecule has 0 atom stereocenters. The van der Waals surface area contributed by atoms with Crippen LogP contribution in [0.5, 0.6) is 0 Å². The van der Waals surface area contributed by atoms with Gasteiger partial charge in [-0.2, -0.15) is 5.10 Å². The number of nitrogens with one attached hydrogen (secondary N) is 3. The molecule has 0 spiro atoms. The minimum Gasteiger partial charge on any atom is -0.369 e. The first-order valence-corrected chi connectivity index (χ1v) is 12.1. The number of benzene rings is 3. The van der Waals surface area contributed by atoms with Crippen molar-refractivity contribution in [2.45, 2.75) is 25.8 Å². The van der Waals surface area contributed by atoms with Crippen molar-refractivity contribution in [3.63, 3.8) is 0 Å². The molecule has 0 aliphatic heterocycles. The van der Waals surface area contributed by atoms with E-state index in [0.29, 0.717) is 18.5 Å². The van der Waals surface area contributed by atoms with Gasteiger partial charge in [0.2, 0.25) is 5.96 Å². The van der Waals surface area contributed by atoms with Crippen molar-refractivity contribution < 1.29 is 13.2 Å². The Balaban J connectivity index is 1.66. The SMILES string of the molecule is N=C(N)N/N=C1\CCCc2c1n(Cc1ccc(Br)cc1)c1cc(F)c(Nc3ccc(F)c(F)c3)cc21. The van der Waals surface area contributed by atoms with E-state index < -0.39 is 17.5 Å². The molecule has 36 heavy (non-hydrogen) atoms. The van der Waals surface area contributed by atoms with E-state index in [0.717, 1.165) is 57.4 Å². The van der Waals surface area contributed by atoms with Gasteiger partial charge in [0.25, 0.3) is 0 Å². The van der Waals surface area contributed by atoms with Crippen LogP contribution in [-0.2, 0) is 13.0 Å². The average molecular weight is 555 g/mol. The highest BCUT2D eigenvalue weighted by Gasteiger charge is 2.26. The van der Waals surface area contributed by atoms with Crippen LogP contribution in [0.3, 0.4) is 0 Å². The first kappa shape index (κ1) is 23.9. The Kier molecular flexibility index (Phi) is 6.44. The van der Waals surface area contributed by atoms with Gasteiger partial charge < -0.3 is 15.6 Å². The normalized spacial score (nSPS) is 14.2. The zero-order chi connectivity index (χ0) is 25.4. The van der Waals surface area contributed by atoms with Crippen LogP contribution in [0.4, 0.5) is 24.5 Å². The van der Waals surface area contributed by atoms with Crippen LogP contribution in [0, 0.1) is 22.9 Å². The lowest BCUT2D eigenvalue weighted by Crippen LogP contribution is -2.28. The van der Waals surface area contributed by atoms with Crippen LogP contribution in [-0.4, -0.2) is 16.2 Å². The number of hydrazone groups is 1. The molecule has 1 aliphatic carbocycles. The number of aryl methyl sites for hydroxylation is 1. The summed E-state index contributed by atoms with van der Waals surface area (Å²) in [5.41, 5.74) is 12.7. The van der Waals surface area contributed by atoms with E-state index in [1.165, 1.54) is 12.1 Å². The van der Waals surface area contributed by atoms with Crippen molar-refractivity contribution in [2.24, 2.45) is 10.8 Å². The first-order valence-electron chi connectivity index (χ1n) is 11.3. The molecule has 5 rings (SSSR count). The van der Waals surface area contributed by atoms with Crippen molar-refractivity contribution in [3.05, 3.63) is 93.3 Å². The summed E-state index contributed by atoms with van der Waals surface area (Å²) in [6, 6.07) is 14.4. The number of halogens is 4. The molecular formula is C26H22BrF3N6. The monoisotopic (exact) mass is 554 g/mol. The Morgan fingerprint density at radius 3 is 2.50 bits per heavy atom. The fourth-order valence-corrected chi connectivity index (χ4v) is 4.84. The molecule has 1 heterocycles. The quantitative estimate of drug-likeness (QED) is 0.136. The smallest absolute Gasteiger partial charge is 0.206 e. The minimum absolute atomic E-state index is 0.156. The average Bonchev–Trinajstić information content (AvgIpc) is 3.14. The number of nitrogens with zero attached hydrogens (tertiary/aromatic N) is 2. The molecule has 1 aliphatic rings. The van der Waals surface area contributed by atoms with Gasteiger partial charge in [-0.15, -0.1) is 0 Å². The zero-order valence-corrected chi connectivity index (χ0v) is 20.6. The van der Waals surface area contributed by atoms with Gasteiger partial charge in [0.05, 0.1) is 22.6 Å². The predicted octanol–water partition coefficient (Wildman–Crippen LogP) is 6.14. The molecular weight excluding hydrogens is 533 g/mol. The van der Waals surface area contributed by atoms with Crippen molar-refractivity contribution in [1.29, 1.82) is 5.41 Å². The zero-order valence-electron chi connectivity index (χ0n) is 19.0. The lowest BCUT2D eigenvalue weighted by atomic mass is 9.93. The fraction of sp³-hybridized carbons (Fsp3) is 0.154. The molecule has 3 aromatic carbocycles. The summed E-state index contributed by atoms with van der Waals surface area (Å²) in [7, 11) is 0. The summed E-state index contributed by atoms with van der Waals surface area (Å²) in [6.07, 6.45) is 2.26. The molecule has 0 fully saturated rings. The lowest BCUT2D eigenvalue weighted by molar-refractivity contribution is 0.509. The van der Waals surface area contributed by atoms with E-state index in [1.807, 2.05) is 28.8 Å².